The quantitative estimate of drug-likeness (QED) is 0.779. The van der Waals surface area contributed by atoms with Crippen molar-refractivity contribution in [3.8, 4) is 0 Å². The Morgan fingerprint density at radius 3 is 2.18 bits per heavy atom. The van der Waals surface area contributed by atoms with Crippen LogP contribution in [0.2, 0.25) is 10.0 Å². The molecule has 90 valence electrons. The van der Waals surface area contributed by atoms with E-state index in [0.717, 1.165) is 11.9 Å². The van der Waals surface area contributed by atoms with Gasteiger partial charge in [0, 0.05) is 10.0 Å². The van der Waals surface area contributed by atoms with Crippen LogP contribution in [0.1, 0.15) is 6.92 Å². The smallest absolute Gasteiger partial charge is 0.268 e. The summed E-state index contributed by atoms with van der Waals surface area (Å²) in [5, 5.41) is 4.71. The lowest BCUT2D eigenvalue weighted by molar-refractivity contribution is -0.124. The normalized spacial score (nSPS) is 24.2. The van der Waals surface area contributed by atoms with Crippen molar-refractivity contribution >= 4 is 51.6 Å². The van der Waals surface area contributed by atoms with E-state index >= 15 is 0 Å². The highest BCUT2D eigenvalue weighted by atomic mass is 35.5. The fourth-order valence-electron chi connectivity index (χ4n) is 1.35. The van der Waals surface area contributed by atoms with Gasteiger partial charge < -0.3 is 0 Å². The van der Waals surface area contributed by atoms with Crippen molar-refractivity contribution in [2.24, 2.45) is 5.10 Å². The van der Waals surface area contributed by atoms with E-state index in [-0.39, 0.29) is 5.69 Å². The number of carbonyl (C=O) groups excluding carboxylic acids is 1. The molecule has 1 aromatic carbocycles. The molecule has 1 aliphatic rings. The van der Waals surface area contributed by atoms with E-state index in [2.05, 4.69) is 5.10 Å². The number of benzene rings is 1. The summed E-state index contributed by atoms with van der Waals surface area (Å²) in [6.45, 7) is 1.05. The molecule has 2 rings (SSSR count). The van der Waals surface area contributed by atoms with Gasteiger partial charge in [0.05, 0.1) is 5.69 Å². The highest BCUT2D eigenvalue weighted by Crippen LogP contribution is 2.33. The molecule has 1 aromatic rings. The average molecular weight is 296 g/mol. The number of hydrogen-bond donors (Lipinski definition) is 0. The summed E-state index contributed by atoms with van der Waals surface area (Å²) in [5.41, 5.74) is -2.04. The Balaban J connectivity index is 2.46. The predicted molar refractivity (Wildman–Crippen MR) is 66.7 cm³/mol. The van der Waals surface area contributed by atoms with Crippen LogP contribution < -0.4 is 5.01 Å². The molecule has 0 aliphatic carbocycles. The maximum absolute atomic E-state index is 13.8. The first-order valence-corrected chi connectivity index (χ1v) is 5.70. The predicted octanol–water partition coefficient (Wildman–Crippen LogP) is 3.62. The summed E-state index contributed by atoms with van der Waals surface area (Å²) < 4.78 is 13.8. The van der Waals surface area contributed by atoms with Crippen LogP contribution in [-0.2, 0) is 4.79 Å². The van der Waals surface area contributed by atoms with Crippen LogP contribution in [-0.4, -0.2) is 16.7 Å². The van der Waals surface area contributed by atoms with Crippen molar-refractivity contribution in [3.05, 3.63) is 28.2 Å². The molecular formula is C10H6Cl3FN2O. The van der Waals surface area contributed by atoms with E-state index in [1.54, 1.807) is 0 Å². The van der Waals surface area contributed by atoms with Gasteiger partial charge in [0.15, 0.2) is 5.17 Å². The van der Waals surface area contributed by atoms with Crippen LogP contribution in [0.3, 0.4) is 0 Å². The Labute approximate surface area is 112 Å². The molecular weight excluding hydrogens is 289 g/mol. The van der Waals surface area contributed by atoms with Gasteiger partial charge in [-0.15, -0.1) is 0 Å². The molecule has 1 heterocycles. The molecule has 7 heteroatoms. The summed E-state index contributed by atoms with van der Waals surface area (Å²) in [7, 11) is 0. The summed E-state index contributed by atoms with van der Waals surface area (Å²) in [4.78, 5) is 11.7. The molecule has 1 atom stereocenters. The lowest BCUT2D eigenvalue weighted by atomic mass is 10.1. The van der Waals surface area contributed by atoms with Crippen molar-refractivity contribution in [2.75, 3.05) is 5.01 Å². The molecule has 0 bridgehead atoms. The molecule has 0 fully saturated rings. The maximum Gasteiger partial charge on any atom is 0.292 e. The minimum Gasteiger partial charge on any atom is -0.268 e. The molecule has 0 radical (unpaired) electrons. The van der Waals surface area contributed by atoms with Crippen LogP contribution in [0.15, 0.2) is 23.3 Å². The maximum atomic E-state index is 13.8. The van der Waals surface area contributed by atoms with E-state index in [1.807, 2.05) is 0 Å². The first-order valence-electron chi connectivity index (χ1n) is 4.56. The Bertz CT molecular complexity index is 510. The zero-order valence-corrected chi connectivity index (χ0v) is 10.8. The van der Waals surface area contributed by atoms with Crippen molar-refractivity contribution in [1.29, 1.82) is 0 Å². The highest BCUT2D eigenvalue weighted by molar-refractivity contribution is 6.70. The molecule has 17 heavy (non-hydrogen) atoms. The highest BCUT2D eigenvalue weighted by Gasteiger charge is 2.48. The molecule has 1 unspecified atom stereocenters. The number of halogens is 4. The first-order chi connectivity index (χ1) is 7.82. The molecule has 1 aliphatic heterocycles. The van der Waals surface area contributed by atoms with Crippen molar-refractivity contribution in [1.82, 2.24) is 0 Å². The second-order valence-corrected chi connectivity index (χ2v) is 4.87. The van der Waals surface area contributed by atoms with E-state index in [9.17, 15) is 9.18 Å². The number of hydrazone groups is 1. The SMILES string of the molecule is CC1(F)C(=O)N(c2cc(Cl)cc(Cl)c2)N=C1Cl. The van der Waals surface area contributed by atoms with E-state index in [0.29, 0.717) is 10.0 Å². The van der Waals surface area contributed by atoms with Gasteiger partial charge in [-0.2, -0.15) is 10.1 Å². The number of nitrogens with zero attached hydrogens (tertiary/aromatic N) is 2. The topological polar surface area (TPSA) is 32.7 Å². The fraction of sp³-hybridized carbons (Fsp3) is 0.200. The second kappa shape index (κ2) is 4.12. The van der Waals surface area contributed by atoms with Crippen molar-refractivity contribution in [2.45, 2.75) is 12.6 Å². The van der Waals surface area contributed by atoms with Crippen molar-refractivity contribution < 1.29 is 9.18 Å². The van der Waals surface area contributed by atoms with Gasteiger partial charge in [-0.25, -0.2) is 4.39 Å². The van der Waals surface area contributed by atoms with Crippen LogP contribution in [0, 0.1) is 0 Å². The van der Waals surface area contributed by atoms with E-state index in [1.165, 1.54) is 18.2 Å². The Morgan fingerprint density at radius 2 is 1.76 bits per heavy atom. The van der Waals surface area contributed by atoms with Gasteiger partial charge in [0.1, 0.15) is 0 Å². The van der Waals surface area contributed by atoms with Gasteiger partial charge in [-0.05, 0) is 25.1 Å². The third-order valence-electron chi connectivity index (χ3n) is 2.26. The Morgan fingerprint density at radius 1 is 1.24 bits per heavy atom. The van der Waals surface area contributed by atoms with E-state index < -0.39 is 16.7 Å². The zero-order chi connectivity index (χ0) is 12.8. The molecule has 3 nitrogen and oxygen atoms in total. The number of hydrogen-bond acceptors (Lipinski definition) is 2. The minimum absolute atomic E-state index is 0.270. The summed E-state index contributed by atoms with van der Waals surface area (Å²) in [6.07, 6.45) is 0. The fourth-order valence-corrected chi connectivity index (χ4v) is 2.02. The molecule has 0 saturated carbocycles. The third kappa shape index (κ3) is 2.12. The average Bonchev–Trinajstić information content (AvgIpc) is 2.41. The number of alkyl halides is 1. The van der Waals surface area contributed by atoms with Crippen molar-refractivity contribution in [3.63, 3.8) is 0 Å². The Hall–Kier alpha value is -0.840. The van der Waals surface area contributed by atoms with Crippen LogP contribution in [0.5, 0.6) is 0 Å². The van der Waals surface area contributed by atoms with E-state index in [4.69, 9.17) is 34.8 Å². The largest absolute Gasteiger partial charge is 0.292 e. The number of amides is 1. The molecule has 0 spiro atoms. The van der Waals surface area contributed by atoms with Crippen LogP contribution in [0.25, 0.3) is 0 Å². The van der Waals surface area contributed by atoms with Gasteiger partial charge in [-0.3, -0.25) is 4.79 Å². The number of carbonyl (C=O) groups is 1. The number of rotatable bonds is 1. The first kappa shape index (κ1) is 12.6. The lowest BCUT2D eigenvalue weighted by Crippen LogP contribution is -2.38. The molecule has 0 aromatic heterocycles. The Kier molecular flexibility index (Phi) is 3.06. The third-order valence-corrected chi connectivity index (χ3v) is 3.13. The molecule has 0 N–H and O–H groups in total. The number of anilines is 1. The summed E-state index contributed by atoms with van der Waals surface area (Å²) in [6, 6.07) is 4.38. The zero-order valence-electron chi connectivity index (χ0n) is 8.55. The van der Waals surface area contributed by atoms with Gasteiger partial charge in [0.2, 0.25) is 5.67 Å². The molecule has 0 saturated heterocycles. The summed E-state index contributed by atoms with van der Waals surface area (Å²) >= 11 is 17.1. The van der Waals surface area contributed by atoms with Gasteiger partial charge >= 0.3 is 0 Å². The second-order valence-electron chi connectivity index (χ2n) is 3.64. The van der Waals surface area contributed by atoms with Crippen LogP contribution >= 0.6 is 34.8 Å². The lowest BCUT2D eigenvalue weighted by Gasteiger charge is -2.15. The molecule has 1 amide bonds. The van der Waals surface area contributed by atoms with Gasteiger partial charge in [-0.1, -0.05) is 34.8 Å². The minimum atomic E-state index is -2.31. The van der Waals surface area contributed by atoms with Gasteiger partial charge in [0.25, 0.3) is 5.91 Å². The standard InChI is InChI=1S/C10H6Cl3FN2O/c1-10(14)8(13)15-16(9(10)17)7-3-5(11)2-6(12)4-7/h2-4H,1H3. The van der Waals surface area contributed by atoms with Crippen LogP contribution in [0.4, 0.5) is 10.1 Å². The summed E-state index contributed by atoms with van der Waals surface area (Å²) in [5.74, 6) is -0.874. The monoisotopic (exact) mass is 294 g/mol.